The fourth-order valence-corrected chi connectivity index (χ4v) is 13.8. The fourth-order valence-electron chi connectivity index (χ4n) is 13.8. The molecule has 2 aliphatic carbocycles. The Labute approximate surface area is 466 Å². The highest BCUT2D eigenvalue weighted by molar-refractivity contribution is 6.09. The van der Waals surface area contributed by atoms with E-state index in [-0.39, 0.29) is 27.1 Å². The quantitative estimate of drug-likeness (QED) is 0.127. The zero-order valence-electron chi connectivity index (χ0n) is 47.8. The van der Waals surface area contributed by atoms with Crippen LogP contribution in [0.3, 0.4) is 0 Å². The summed E-state index contributed by atoms with van der Waals surface area (Å²) in [5, 5.41) is 2.33. The predicted molar refractivity (Wildman–Crippen MR) is 327 cm³/mol. The van der Waals surface area contributed by atoms with E-state index in [0.29, 0.717) is 0 Å². The maximum atomic E-state index is 6.96. The molecule has 1 aliphatic heterocycles. The lowest BCUT2D eigenvalue weighted by Gasteiger charge is -2.42. The van der Waals surface area contributed by atoms with E-state index in [9.17, 15) is 0 Å². The van der Waals surface area contributed by atoms with Crippen LogP contribution in [-0.4, -0.2) is 14.1 Å². The molecule has 0 unspecified atom stereocenters. The minimum atomic E-state index is -0.0265. The van der Waals surface area contributed by atoms with E-state index in [1.165, 1.54) is 84.1 Å². The topological polar surface area (TPSA) is 35.9 Å². The summed E-state index contributed by atoms with van der Waals surface area (Å²) >= 11 is 0. The van der Waals surface area contributed by atoms with Gasteiger partial charge < -0.3 is 4.74 Å². The van der Waals surface area contributed by atoms with Crippen molar-refractivity contribution in [2.75, 3.05) is 0 Å². The van der Waals surface area contributed by atoms with Crippen LogP contribution in [0.2, 0.25) is 0 Å². The molecule has 3 aliphatic rings. The van der Waals surface area contributed by atoms with Crippen LogP contribution in [0.15, 0.2) is 176 Å². The van der Waals surface area contributed by atoms with Crippen LogP contribution in [0.25, 0.3) is 94.5 Å². The number of nitrogens with zero attached hydrogens (tertiary/aromatic N) is 4. The van der Waals surface area contributed by atoms with Crippen LogP contribution in [0.4, 0.5) is 0 Å². The standard InChI is InChI=1S/C74H70N4O/c1-70(2,3)47-33-38-75-67(40-47)78-64-27-15-14-23-54(64)55-31-30-50(42-66(55)78)79-49-20-16-19-48(41-49)76-45-77-68-51(46-29-32-60-61(39-46)72(6,7)35-34-71(60,4)5)24-17-25-57(68)59-44-63-62(73(8,9)36-37-74(63,10)11)43-58(59)53-22-13-12-21-52(53)56-26-18-28-65(76)69(56)77/h12-33,38-44H,34-37H2,1-11H3. The second-order valence-corrected chi connectivity index (χ2v) is 26.7. The van der Waals surface area contributed by atoms with E-state index in [1.54, 1.807) is 0 Å². The molecule has 0 spiro atoms. The molecule has 3 aromatic heterocycles. The highest BCUT2D eigenvalue weighted by atomic mass is 16.5. The first kappa shape index (κ1) is 49.3. The molecular formula is C74H70N4O. The van der Waals surface area contributed by atoms with Gasteiger partial charge in [-0.2, -0.15) is 0 Å². The van der Waals surface area contributed by atoms with E-state index >= 15 is 0 Å². The van der Waals surface area contributed by atoms with E-state index in [0.717, 1.165) is 75.4 Å². The summed E-state index contributed by atoms with van der Waals surface area (Å²) in [6, 6.07) is 63.4. The van der Waals surface area contributed by atoms with Crippen LogP contribution in [0, 0.1) is 6.33 Å². The molecule has 14 rings (SSSR count). The maximum absolute atomic E-state index is 6.96. The third-order valence-corrected chi connectivity index (χ3v) is 18.7. The second kappa shape index (κ2) is 17.2. The number of imidazole rings is 1. The summed E-state index contributed by atoms with van der Waals surface area (Å²) in [7, 11) is 0. The van der Waals surface area contributed by atoms with Gasteiger partial charge in [-0.05, 0) is 180 Å². The Bertz CT molecular complexity index is 4340. The van der Waals surface area contributed by atoms with Crippen molar-refractivity contribution in [3.8, 4) is 73.2 Å². The average Bonchev–Trinajstić information content (AvgIpc) is 4.11. The van der Waals surface area contributed by atoms with Crippen LogP contribution in [0.1, 0.15) is 130 Å². The molecule has 4 heterocycles. The Hall–Kier alpha value is -8.02. The molecular weight excluding hydrogens is 961 g/mol. The molecule has 5 heteroatoms. The molecule has 0 amide bonds. The summed E-state index contributed by atoms with van der Waals surface area (Å²) in [6.45, 7) is 26.3. The Morgan fingerprint density at radius 3 is 1.77 bits per heavy atom. The Morgan fingerprint density at radius 2 is 1.04 bits per heavy atom. The second-order valence-electron chi connectivity index (χ2n) is 26.7. The molecule has 0 bridgehead atoms. The highest BCUT2D eigenvalue weighted by Gasteiger charge is 2.40. The molecule has 0 saturated heterocycles. The fraction of sp³-hybridized carbons (Fsp3) is 0.270. The minimum Gasteiger partial charge on any atom is -0.458 e. The van der Waals surface area contributed by atoms with Gasteiger partial charge >= 0.3 is 0 Å². The molecule has 8 aromatic carbocycles. The number of para-hydroxylation sites is 3. The summed E-state index contributed by atoms with van der Waals surface area (Å²) in [5.74, 6) is 2.38. The van der Waals surface area contributed by atoms with Gasteiger partial charge in [-0.1, -0.05) is 185 Å². The third-order valence-electron chi connectivity index (χ3n) is 18.7. The van der Waals surface area contributed by atoms with E-state index in [2.05, 4.69) is 266 Å². The van der Waals surface area contributed by atoms with Crippen LogP contribution >= 0.6 is 0 Å². The van der Waals surface area contributed by atoms with Crippen LogP contribution < -0.4 is 9.30 Å². The van der Waals surface area contributed by atoms with Crippen LogP contribution in [0.5, 0.6) is 11.5 Å². The van der Waals surface area contributed by atoms with Crippen molar-refractivity contribution >= 4 is 32.8 Å². The molecule has 11 aromatic rings. The van der Waals surface area contributed by atoms with Gasteiger partial charge in [0.1, 0.15) is 17.3 Å². The van der Waals surface area contributed by atoms with Gasteiger partial charge in [0.2, 0.25) is 0 Å². The number of aromatic nitrogens is 4. The van der Waals surface area contributed by atoms with Gasteiger partial charge in [0.15, 0.2) is 0 Å². The SMILES string of the molecule is CC(C)(C)c1ccnc(-n2c3ccccc3c3ccc(Oc4cccc(-n5[c-][n+]6c7c(cccc75)-c5ccccc5-c5cc7c(cc5-c5cccc(-c8ccc9c(c8)C(C)(C)CCC9(C)C)c5-6)C(C)(C)CCC7(C)C)c4)cc32)c1. The zero-order valence-corrected chi connectivity index (χ0v) is 47.8. The molecule has 5 nitrogen and oxygen atoms in total. The minimum absolute atomic E-state index is 0.0117. The van der Waals surface area contributed by atoms with Gasteiger partial charge in [0.05, 0.1) is 33.4 Å². The summed E-state index contributed by atoms with van der Waals surface area (Å²) in [6.07, 6.45) is 10.6. The van der Waals surface area contributed by atoms with E-state index < -0.39 is 0 Å². The molecule has 0 atom stereocenters. The third kappa shape index (κ3) is 7.77. The average molecular weight is 1030 g/mol. The molecule has 392 valence electrons. The van der Waals surface area contributed by atoms with Gasteiger partial charge in [-0.15, -0.1) is 0 Å². The number of hydrogen-bond acceptors (Lipinski definition) is 2. The van der Waals surface area contributed by atoms with E-state index in [1.807, 2.05) is 6.20 Å². The van der Waals surface area contributed by atoms with Crippen molar-refractivity contribution in [2.24, 2.45) is 0 Å². The van der Waals surface area contributed by atoms with E-state index in [4.69, 9.17) is 9.72 Å². The highest BCUT2D eigenvalue weighted by Crippen LogP contribution is 2.53. The van der Waals surface area contributed by atoms with Crippen molar-refractivity contribution in [1.29, 1.82) is 0 Å². The molecule has 0 saturated carbocycles. The molecule has 0 N–H and O–H groups in total. The Kier molecular flexibility index (Phi) is 10.8. The lowest BCUT2D eigenvalue weighted by atomic mass is 9.62. The summed E-state index contributed by atoms with van der Waals surface area (Å²) < 4.78 is 13.9. The summed E-state index contributed by atoms with van der Waals surface area (Å²) in [4.78, 5) is 4.95. The van der Waals surface area contributed by atoms with Crippen molar-refractivity contribution in [2.45, 2.75) is 129 Å². The van der Waals surface area contributed by atoms with Crippen LogP contribution in [-0.2, 0) is 27.1 Å². The number of fused-ring (bicyclic) bond motifs is 12. The number of pyridine rings is 1. The first-order chi connectivity index (χ1) is 37.8. The first-order valence-corrected chi connectivity index (χ1v) is 28.6. The van der Waals surface area contributed by atoms with Gasteiger partial charge in [-0.3, -0.25) is 13.7 Å². The molecule has 79 heavy (non-hydrogen) atoms. The first-order valence-electron chi connectivity index (χ1n) is 28.6. The normalized spacial score (nSPS) is 16.5. The smallest absolute Gasteiger partial charge is 0.269 e. The monoisotopic (exact) mass is 1030 g/mol. The Balaban J connectivity index is 0.986. The van der Waals surface area contributed by atoms with Crippen molar-refractivity contribution in [3.05, 3.63) is 210 Å². The number of benzene rings is 8. The zero-order chi connectivity index (χ0) is 54.5. The van der Waals surface area contributed by atoms with Gasteiger partial charge in [0.25, 0.3) is 6.33 Å². The number of ether oxygens (including phenoxy) is 1. The van der Waals surface area contributed by atoms with Gasteiger partial charge in [-0.25, -0.2) is 4.98 Å². The van der Waals surface area contributed by atoms with Crippen molar-refractivity contribution in [1.82, 2.24) is 14.1 Å². The van der Waals surface area contributed by atoms with Gasteiger partial charge in [0, 0.05) is 23.0 Å². The van der Waals surface area contributed by atoms with Crippen molar-refractivity contribution < 1.29 is 9.30 Å². The molecule has 0 radical (unpaired) electrons. The Morgan fingerprint density at radius 1 is 0.468 bits per heavy atom. The molecule has 0 fully saturated rings. The predicted octanol–water partition coefficient (Wildman–Crippen LogP) is 19.0. The lowest BCUT2D eigenvalue weighted by Crippen LogP contribution is -2.34. The lowest BCUT2D eigenvalue weighted by molar-refractivity contribution is -0.570. The number of hydrogen-bond donors (Lipinski definition) is 0. The largest absolute Gasteiger partial charge is 0.458 e. The maximum Gasteiger partial charge on any atom is 0.269 e. The summed E-state index contributed by atoms with van der Waals surface area (Å²) in [5.41, 5.74) is 23.4. The van der Waals surface area contributed by atoms with Crippen molar-refractivity contribution in [3.63, 3.8) is 0 Å². The number of rotatable bonds is 5.